The van der Waals surface area contributed by atoms with Gasteiger partial charge in [-0.25, -0.2) is 0 Å². The van der Waals surface area contributed by atoms with E-state index in [1.807, 2.05) is 42.5 Å². The highest BCUT2D eigenvalue weighted by Crippen LogP contribution is 2.14. The topological polar surface area (TPSA) is 70.7 Å². The van der Waals surface area contributed by atoms with Gasteiger partial charge in [-0.2, -0.15) is 4.98 Å². The van der Waals surface area contributed by atoms with Crippen LogP contribution in [0.25, 0.3) is 11.3 Å². The molecule has 0 aliphatic rings. The van der Waals surface area contributed by atoms with Crippen LogP contribution in [0.3, 0.4) is 0 Å². The second kappa shape index (κ2) is 6.00. The van der Waals surface area contributed by atoms with Gasteiger partial charge in [-0.05, 0) is 17.7 Å². The molecule has 0 aliphatic heterocycles. The largest absolute Gasteiger partial charge is 0.352 e. The molecule has 2 aromatic heterocycles. The lowest BCUT2D eigenvalue weighted by Crippen LogP contribution is -2.12. The third-order valence-electron chi connectivity index (χ3n) is 3.04. The van der Waals surface area contributed by atoms with Gasteiger partial charge in [0.2, 0.25) is 5.95 Å². The first-order valence-electron chi connectivity index (χ1n) is 6.61. The predicted octanol–water partition coefficient (Wildman–Crippen LogP) is 2.44. The number of nitrogens with zero attached hydrogens (tertiary/aromatic N) is 2. The van der Waals surface area contributed by atoms with Crippen molar-refractivity contribution < 1.29 is 0 Å². The van der Waals surface area contributed by atoms with Crippen molar-refractivity contribution in [3.8, 4) is 11.3 Å². The van der Waals surface area contributed by atoms with Crippen molar-refractivity contribution >= 4 is 5.95 Å². The summed E-state index contributed by atoms with van der Waals surface area (Å²) in [7, 11) is 0. The minimum absolute atomic E-state index is 0.281. The summed E-state index contributed by atoms with van der Waals surface area (Å²) in [6.07, 6.45) is 3.37. The first kappa shape index (κ1) is 13.1. The number of anilines is 1. The Hall–Kier alpha value is -2.95. The van der Waals surface area contributed by atoms with Crippen LogP contribution in [0.5, 0.6) is 0 Å². The summed E-state index contributed by atoms with van der Waals surface area (Å²) >= 11 is 0. The maximum atomic E-state index is 11.7. The number of rotatable bonds is 4. The molecule has 104 valence electrons. The van der Waals surface area contributed by atoms with E-state index in [0.29, 0.717) is 18.2 Å². The molecular formula is C16H14N4O. The van der Waals surface area contributed by atoms with Gasteiger partial charge < -0.3 is 10.3 Å². The molecule has 0 amide bonds. The Kier molecular flexibility index (Phi) is 3.73. The molecule has 3 rings (SSSR count). The number of hydrogen-bond acceptors (Lipinski definition) is 4. The van der Waals surface area contributed by atoms with Crippen molar-refractivity contribution in [3.05, 3.63) is 76.8 Å². The Labute approximate surface area is 121 Å². The number of benzene rings is 1. The van der Waals surface area contributed by atoms with Crippen LogP contribution < -0.4 is 10.9 Å². The molecule has 0 aliphatic carbocycles. The SMILES string of the molecule is O=c1cc(-c2ccncc2)[nH]c(NCc2ccccc2)n1. The minimum Gasteiger partial charge on any atom is -0.352 e. The van der Waals surface area contributed by atoms with Crippen molar-refractivity contribution in [2.75, 3.05) is 5.32 Å². The quantitative estimate of drug-likeness (QED) is 0.769. The first-order valence-corrected chi connectivity index (χ1v) is 6.61. The average Bonchev–Trinajstić information content (AvgIpc) is 2.54. The van der Waals surface area contributed by atoms with E-state index >= 15 is 0 Å². The zero-order valence-electron chi connectivity index (χ0n) is 11.3. The third-order valence-corrected chi connectivity index (χ3v) is 3.04. The van der Waals surface area contributed by atoms with Gasteiger partial charge in [-0.1, -0.05) is 30.3 Å². The van der Waals surface area contributed by atoms with Gasteiger partial charge >= 0.3 is 0 Å². The zero-order chi connectivity index (χ0) is 14.5. The molecule has 5 heteroatoms. The van der Waals surface area contributed by atoms with Crippen LogP contribution in [0.4, 0.5) is 5.95 Å². The molecule has 0 saturated carbocycles. The lowest BCUT2D eigenvalue weighted by molar-refractivity contribution is 1.04. The highest BCUT2D eigenvalue weighted by atomic mass is 16.1. The molecule has 0 spiro atoms. The third kappa shape index (κ3) is 3.33. The number of H-pyrrole nitrogens is 1. The molecule has 2 N–H and O–H groups in total. The van der Waals surface area contributed by atoms with Gasteiger partial charge in [0.05, 0.1) is 5.69 Å². The lowest BCUT2D eigenvalue weighted by Gasteiger charge is -2.07. The Morgan fingerprint density at radius 1 is 1.05 bits per heavy atom. The number of pyridine rings is 1. The van der Waals surface area contributed by atoms with E-state index in [-0.39, 0.29) is 5.56 Å². The molecule has 2 heterocycles. The minimum atomic E-state index is -0.281. The summed E-state index contributed by atoms with van der Waals surface area (Å²) in [6, 6.07) is 15.1. The predicted molar refractivity (Wildman–Crippen MR) is 81.9 cm³/mol. The number of aromatic nitrogens is 3. The molecule has 0 saturated heterocycles. The van der Waals surface area contributed by atoms with E-state index in [1.165, 1.54) is 6.07 Å². The van der Waals surface area contributed by atoms with Gasteiger partial charge in [0.25, 0.3) is 5.56 Å². The van der Waals surface area contributed by atoms with Crippen molar-refractivity contribution in [3.63, 3.8) is 0 Å². The van der Waals surface area contributed by atoms with Crippen LogP contribution in [0, 0.1) is 0 Å². The number of hydrogen-bond donors (Lipinski definition) is 2. The molecule has 0 unspecified atom stereocenters. The molecule has 0 radical (unpaired) electrons. The van der Waals surface area contributed by atoms with Crippen molar-refractivity contribution in [2.45, 2.75) is 6.54 Å². The summed E-state index contributed by atoms with van der Waals surface area (Å²) in [5.74, 6) is 0.457. The molecule has 1 aromatic carbocycles. The van der Waals surface area contributed by atoms with Crippen LogP contribution in [-0.4, -0.2) is 15.0 Å². The molecule has 5 nitrogen and oxygen atoms in total. The summed E-state index contributed by atoms with van der Waals surface area (Å²) < 4.78 is 0. The van der Waals surface area contributed by atoms with Crippen molar-refractivity contribution in [1.29, 1.82) is 0 Å². The van der Waals surface area contributed by atoms with Crippen LogP contribution >= 0.6 is 0 Å². The summed E-state index contributed by atoms with van der Waals surface area (Å²) in [6.45, 7) is 0.601. The summed E-state index contributed by atoms with van der Waals surface area (Å²) in [5.41, 5.74) is 2.45. The molecular weight excluding hydrogens is 264 g/mol. The van der Waals surface area contributed by atoms with Crippen molar-refractivity contribution in [1.82, 2.24) is 15.0 Å². The summed E-state index contributed by atoms with van der Waals surface area (Å²) in [5, 5.41) is 3.13. The van der Waals surface area contributed by atoms with E-state index in [2.05, 4.69) is 20.3 Å². The fourth-order valence-corrected chi connectivity index (χ4v) is 2.01. The molecule has 0 atom stereocenters. The van der Waals surface area contributed by atoms with E-state index in [4.69, 9.17) is 0 Å². The van der Waals surface area contributed by atoms with Crippen molar-refractivity contribution in [2.24, 2.45) is 0 Å². The Morgan fingerprint density at radius 3 is 2.57 bits per heavy atom. The molecule has 0 bridgehead atoms. The van der Waals surface area contributed by atoms with E-state index in [1.54, 1.807) is 12.4 Å². The second-order valence-corrected chi connectivity index (χ2v) is 4.56. The van der Waals surface area contributed by atoms with Crippen LogP contribution in [0.15, 0.2) is 65.7 Å². The zero-order valence-corrected chi connectivity index (χ0v) is 11.3. The Bertz CT molecular complexity index is 769. The molecule has 3 aromatic rings. The van der Waals surface area contributed by atoms with Gasteiger partial charge in [0, 0.05) is 30.6 Å². The monoisotopic (exact) mass is 278 g/mol. The maximum Gasteiger partial charge on any atom is 0.275 e. The second-order valence-electron chi connectivity index (χ2n) is 4.56. The highest BCUT2D eigenvalue weighted by molar-refractivity contribution is 5.59. The highest BCUT2D eigenvalue weighted by Gasteiger charge is 2.03. The summed E-state index contributed by atoms with van der Waals surface area (Å²) in [4.78, 5) is 22.7. The standard InChI is InChI=1S/C16H14N4O/c21-15-10-14(13-6-8-17-9-7-13)19-16(20-15)18-11-12-4-2-1-3-5-12/h1-10H,11H2,(H2,18,19,20,21). The fraction of sp³-hybridized carbons (Fsp3) is 0.0625. The Morgan fingerprint density at radius 2 is 1.81 bits per heavy atom. The average molecular weight is 278 g/mol. The normalized spacial score (nSPS) is 10.3. The Balaban J connectivity index is 1.83. The van der Waals surface area contributed by atoms with E-state index in [9.17, 15) is 4.79 Å². The number of aromatic amines is 1. The van der Waals surface area contributed by atoms with Gasteiger partial charge in [-0.3, -0.25) is 9.78 Å². The van der Waals surface area contributed by atoms with Crippen LogP contribution in [-0.2, 0) is 6.54 Å². The van der Waals surface area contributed by atoms with Crippen LogP contribution in [0.2, 0.25) is 0 Å². The first-order chi connectivity index (χ1) is 10.3. The lowest BCUT2D eigenvalue weighted by atomic mass is 10.2. The maximum absolute atomic E-state index is 11.7. The fourth-order valence-electron chi connectivity index (χ4n) is 2.01. The molecule has 0 fully saturated rings. The van der Waals surface area contributed by atoms with Gasteiger partial charge in [0.15, 0.2) is 0 Å². The smallest absolute Gasteiger partial charge is 0.275 e. The van der Waals surface area contributed by atoms with Gasteiger partial charge in [-0.15, -0.1) is 0 Å². The molecule has 21 heavy (non-hydrogen) atoms. The van der Waals surface area contributed by atoms with E-state index < -0.39 is 0 Å². The number of nitrogens with one attached hydrogen (secondary N) is 2. The van der Waals surface area contributed by atoms with E-state index in [0.717, 1.165) is 11.1 Å². The van der Waals surface area contributed by atoms with Gasteiger partial charge in [0.1, 0.15) is 0 Å². The van der Waals surface area contributed by atoms with Crippen LogP contribution in [0.1, 0.15) is 5.56 Å².